The number of aromatic nitrogens is 2. The first-order valence-electron chi connectivity index (χ1n) is 5.99. The summed E-state index contributed by atoms with van der Waals surface area (Å²) in [6.07, 6.45) is 0.773. The molecule has 1 amide bonds. The molecule has 3 N–H and O–H groups in total. The molecule has 0 aromatic carbocycles. The van der Waals surface area contributed by atoms with Gasteiger partial charge in [0, 0.05) is 25.3 Å². The Balaban J connectivity index is 0.00000289. The highest BCUT2D eigenvalue weighted by molar-refractivity contribution is 5.92. The van der Waals surface area contributed by atoms with Crippen molar-refractivity contribution < 1.29 is 4.79 Å². The smallest absolute Gasteiger partial charge is 0.271 e. The van der Waals surface area contributed by atoms with E-state index in [9.17, 15) is 4.79 Å². The molecule has 0 aliphatic heterocycles. The number of nitrogens with one attached hydrogen (secondary N) is 1. The van der Waals surface area contributed by atoms with Gasteiger partial charge in [-0.15, -0.1) is 12.4 Å². The third-order valence-corrected chi connectivity index (χ3v) is 2.63. The summed E-state index contributed by atoms with van der Waals surface area (Å²) in [5, 5.41) is 7.02. The fourth-order valence-electron chi connectivity index (χ4n) is 1.64. The molecule has 1 atom stereocenters. The standard InChI is InChI=1S/C12H22N4O.ClH/c1-8(2)11-7-10(15-16(11)4)12(17)14-6-5-9(3)13;/h7-9H,5-6,13H2,1-4H3,(H,14,17);1H. The lowest BCUT2D eigenvalue weighted by atomic mass is 10.1. The van der Waals surface area contributed by atoms with Gasteiger partial charge in [-0.2, -0.15) is 5.10 Å². The average Bonchev–Trinajstić information content (AvgIpc) is 2.59. The molecular formula is C12H23ClN4O. The number of aryl methyl sites for hydroxylation is 1. The third-order valence-electron chi connectivity index (χ3n) is 2.63. The molecule has 0 fully saturated rings. The van der Waals surface area contributed by atoms with Crippen molar-refractivity contribution in [3.63, 3.8) is 0 Å². The second-order valence-corrected chi connectivity index (χ2v) is 4.75. The van der Waals surface area contributed by atoms with Gasteiger partial charge in [0.2, 0.25) is 0 Å². The lowest BCUT2D eigenvalue weighted by Crippen LogP contribution is -2.29. The Morgan fingerprint density at radius 3 is 2.56 bits per heavy atom. The van der Waals surface area contributed by atoms with Crippen molar-refractivity contribution in [3.8, 4) is 0 Å². The van der Waals surface area contributed by atoms with Gasteiger partial charge in [0.05, 0.1) is 0 Å². The Morgan fingerprint density at radius 2 is 2.11 bits per heavy atom. The van der Waals surface area contributed by atoms with E-state index in [0.29, 0.717) is 18.2 Å². The van der Waals surface area contributed by atoms with E-state index in [-0.39, 0.29) is 24.4 Å². The zero-order valence-corrected chi connectivity index (χ0v) is 12.3. The Labute approximate surface area is 115 Å². The van der Waals surface area contributed by atoms with E-state index in [1.54, 1.807) is 4.68 Å². The van der Waals surface area contributed by atoms with Gasteiger partial charge in [-0.05, 0) is 25.3 Å². The highest BCUT2D eigenvalue weighted by Crippen LogP contribution is 2.14. The molecule has 0 aliphatic rings. The summed E-state index contributed by atoms with van der Waals surface area (Å²) in [5.41, 5.74) is 7.14. The molecule has 0 saturated heterocycles. The van der Waals surface area contributed by atoms with Crippen LogP contribution in [0.2, 0.25) is 0 Å². The summed E-state index contributed by atoms with van der Waals surface area (Å²) >= 11 is 0. The number of carbonyl (C=O) groups excluding carboxylic acids is 1. The van der Waals surface area contributed by atoms with E-state index in [1.165, 1.54) is 0 Å². The second kappa shape index (κ2) is 7.38. The van der Waals surface area contributed by atoms with Crippen molar-refractivity contribution in [2.24, 2.45) is 12.8 Å². The molecule has 0 spiro atoms. The molecule has 18 heavy (non-hydrogen) atoms. The minimum atomic E-state index is -0.131. The number of nitrogens with zero attached hydrogens (tertiary/aromatic N) is 2. The molecule has 0 aliphatic carbocycles. The van der Waals surface area contributed by atoms with Crippen LogP contribution in [-0.4, -0.2) is 28.3 Å². The number of nitrogens with two attached hydrogens (primary N) is 1. The second-order valence-electron chi connectivity index (χ2n) is 4.75. The fraction of sp³-hybridized carbons (Fsp3) is 0.667. The molecule has 1 rings (SSSR count). The van der Waals surface area contributed by atoms with Crippen LogP contribution < -0.4 is 11.1 Å². The number of hydrogen-bond acceptors (Lipinski definition) is 3. The predicted octanol–water partition coefficient (Wildman–Crippen LogP) is 1.43. The van der Waals surface area contributed by atoms with Crippen LogP contribution in [0.1, 0.15) is 49.3 Å². The maximum atomic E-state index is 11.8. The van der Waals surface area contributed by atoms with Gasteiger partial charge < -0.3 is 11.1 Å². The molecular weight excluding hydrogens is 252 g/mol. The lowest BCUT2D eigenvalue weighted by Gasteiger charge is -2.05. The number of amides is 1. The maximum Gasteiger partial charge on any atom is 0.271 e. The van der Waals surface area contributed by atoms with Crippen molar-refractivity contribution >= 4 is 18.3 Å². The van der Waals surface area contributed by atoms with Gasteiger partial charge in [0.25, 0.3) is 5.91 Å². The zero-order chi connectivity index (χ0) is 13.0. The molecule has 1 aromatic heterocycles. The van der Waals surface area contributed by atoms with Crippen molar-refractivity contribution in [1.29, 1.82) is 0 Å². The Bertz CT molecular complexity index is 387. The molecule has 1 aromatic rings. The highest BCUT2D eigenvalue weighted by atomic mass is 35.5. The molecule has 104 valence electrons. The highest BCUT2D eigenvalue weighted by Gasteiger charge is 2.14. The fourth-order valence-corrected chi connectivity index (χ4v) is 1.64. The summed E-state index contributed by atoms with van der Waals surface area (Å²) in [5.74, 6) is 0.228. The first-order chi connectivity index (χ1) is 7.91. The van der Waals surface area contributed by atoms with Crippen LogP contribution in [0.25, 0.3) is 0 Å². The summed E-state index contributed by atoms with van der Waals surface area (Å²) in [4.78, 5) is 11.8. The maximum absolute atomic E-state index is 11.8. The summed E-state index contributed by atoms with van der Waals surface area (Å²) < 4.78 is 1.76. The average molecular weight is 275 g/mol. The molecule has 0 radical (unpaired) electrons. The minimum Gasteiger partial charge on any atom is -0.351 e. The van der Waals surface area contributed by atoms with Gasteiger partial charge >= 0.3 is 0 Å². The molecule has 1 heterocycles. The summed E-state index contributed by atoms with van der Waals surface area (Å²) in [6, 6.07) is 1.94. The predicted molar refractivity (Wildman–Crippen MR) is 75.1 cm³/mol. The summed E-state index contributed by atoms with van der Waals surface area (Å²) in [7, 11) is 1.86. The molecule has 1 unspecified atom stereocenters. The Kier molecular flexibility index (Phi) is 6.94. The molecule has 6 heteroatoms. The van der Waals surface area contributed by atoms with Crippen molar-refractivity contribution in [3.05, 3.63) is 17.5 Å². The quantitative estimate of drug-likeness (QED) is 0.853. The van der Waals surface area contributed by atoms with Crippen LogP contribution in [0.15, 0.2) is 6.07 Å². The van der Waals surface area contributed by atoms with Gasteiger partial charge in [-0.25, -0.2) is 0 Å². The number of halogens is 1. The number of carbonyl (C=O) groups is 1. The van der Waals surface area contributed by atoms with Gasteiger partial charge in [0.1, 0.15) is 5.69 Å². The summed E-state index contributed by atoms with van der Waals surface area (Å²) in [6.45, 7) is 6.66. The van der Waals surface area contributed by atoms with Crippen molar-refractivity contribution in [2.45, 2.75) is 39.2 Å². The van der Waals surface area contributed by atoms with E-state index < -0.39 is 0 Å². The van der Waals surface area contributed by atoms with Crippen LogP contribution in [0, 0.1) is 0 Å². The Hall–Kier alpha value is -1.07. The van der Waals surface area contributed by atoms with E-state index in [2.05, 4.69) is 24.3 Å². The Morgan fingerprint density at radius 1 is 1.50 bits per heavy atom. The molecule has 0 bridgehead atoms. The van der Waals surface area contributed by atoms with Crippen LogP contribution in [-0.2, 0) is 7.05 Å². The van der Waals surface area contributed by atoms with Gasteiger partial charge in [-0.1, -0.05) is 13.8 Å². The number of rotatable bonds is 5. The largest absolute Gasteiger partial charge is 0.351 e. The number of hydrogen-bond donors (Lipinski definition) is 2. The topological polar surface area (TPSA) is 72.9 Å². The first kappa shape index (κ1) is 16.9. The SMILES string of the molecule is CC(N)CCNC(=O)c1cc(C(C)C)n(C)n1.Cl. The zero-order valence-electron chi connectivity index (χ0n) is 11.4. The van der Waals surface area contributed by atoms with Gasteiger partial charge in [0.15, 0.2) is 0 Å². The van der Waals surface area contributed by atoms with Crippen LogP contribution in [0.5, 0.6) is 0 Å². The first-order valence-corrected chi connectivity index (χ1v) is 5.99. The third kappa shape index (κ3) is 4.66. The molecule has 0 saturated carbocycles. The molecule has 5 nitrogen and oxygen atoms in total. The monoisotopic (exact) mass is 274 g/mol. The van der Waals surface area contributed by atoms with E-state index in [1.807, 2.05) is 20.0 Å². The van der Waals surface area contributed by atoms with E-state index >= 15 is 0 Å². The van der Waals surface area contributed by atoms with E-state index in [4.69, 9.17) is 5.73 Å². The minimum absolute atomic E-state index is 0. The van der Waals surface area contributed by atoms with Gasteiger partial charge in [-0.3, -0.25) is 9.48 Å². The van der Waals surface area contributed by atoms with Crippen LogP contribution in [0.4, 0.5) is 0 Å². The lowest BCUT2D eigenvalue weighted by molar-refractivity contribution is 0.0947. The van der Waals surface area contributed by atoms with Crippen molar-refractivity contribution in [2.75, 3.05) is 6.54 Å². The van der Waals surface area contributed by atoms with Crippen LogP contribution >= 0.6 is 12.4 Å². The van der Waals surface area contributed by atoms with Crippen LogP contribution in [0.3, 0.4) is 0 Å². The normalized spacial score (nSPS) is 12.1. The van der Waals surface area contributed by atoms with Crippen molar-refractivity contribution in [1.82, 2.24) is 15.1 Å². The van der Waals surface area contributed by atoms with E-state index in [0.717, 1.165) is 12.1 Å².